The number of carboxylic acids is 1. The highest BCUT2D eigenvalue weighted by molar-refractivity contribution is 5.71. The number of alkyl halides is 4. The molecule has 1 rings (SSSR count). The van der Waals surface area contributed by atoms with Crippen LogP contribution < -0.4 is 0 Å². The van der Waals surface area contributed by atoms with Gasteiger partial charge in [-0.1, -0.05) is 0 Å². The van der Waals surface area contributed by atoms with E-state index in [9.17, 15) is 22.4 Å². The molecule has 1 heterocycles. The van der Waals surface area contributed by atoms with Gasteiger partial charge >= 0.3 is 5.97 Å². The summed E-state index contributed by atoms with van der Waals surface area (Å²) in [5.41, 5.74) is -1.69. The lowest BCUT2D eigenvalue weighted by atomic mass is 10.3. The van der Waals surface area contributed by atoms with E-state index in [0.29, 0.717) is 10.7 Å². The SMILES string of the molecule is C[C@H](C(=O)O)n1nc(C(F)F)cc1C(F)F. The Kier molecular flexibility index (Phi) is 3.51. The van der Waals surface area contributed by atoms with Crippen LogP contribution in [0.3, 0.4) is 0 Å². The first-order valence-electron chi connectivity index (χ1n) is 4.23. The summed E-state index contributed by atoms with van der Waals surface area (Å²) in [6, 6.07) is -0.911. The number of rotatable bonds is 4. The van der Waals surface area contributed by atoms with Crippen LogP contribution in [0.1, 0.15) is 37.2 Å². The average molecular weight is 240 g/mol. The molecule has 16 heavy (non-hydrogen) atoms. The number of carbonyl (C=O) groups is 1. The molecule has 0 saturated carbocycles. The van der Waals surface area contributed by atoms with Crippen molar-refractivity contribution in [3.63, 3.8) is 0 Å². The minimum absolute atomic E-state index is 0.397. The predicted octanol–water partition coefficient (Wildman–Crippen LogP) is 2.40. The number of aliphatic carboxylic acids is 1. The van der Waals surface area contributed by atoms with Crippen molar-refractivity contribution in [1.82, 2.24) is 9.78 Å². The maximum absolute atomic E-state index is 12.4. The van der Waals surface area contributed by atoms with Crippen molar-refractivity contribution in [3.8, 4) is 0 Å². The van der Waals surface area contributed by atoms with Crippen LogP contribution in [-0.2, 0) is 4.79 Å². The molecule has 0 radical (unpaired) electrons. The predicted molar refractivity (Wildman–Crippen MR) is 44.5 cm³/mol. The van der Waals surface area contributed by atoms with Crippen molar-refractivity contribution >= 4 is 5.97 Å². The van der Waals surface area contributed by atoms with Crippen molar-refractivity contribution in [2.24, 2.45) is 0 Å². The summed E-state index contributed by atoms with van der Waals surface area (Å²) < 4.78 is 49.7. The van der Waals surface area contributed by atoms with Crippen LogP contribution in [0.5, 0.6) is 0 Å². The molecule has 0 amide bonds. The summed E-state index contributed by atoms with van der Waals surface area (Å²) in [5, 5.41) is 11.8. The Morgan fingerprint density at radius 3 is 2.31 bits per heavy atom. The van der Waals surface area contributed by atoms with Crippen molar-refractivity contribution in [2.45, 2.75) is 25.8 Å². The molecular formula is C8H8F4N2O2. The fourth-order valence-electron chi connectivity index (χ4n) is 1.11. The van der Waals surface area contributed by atoms with Gasteiger partial charge < -0.3 is 5.11 Å². The van der Waals surface area contributed by atoms with Gasteiger partial charge in [-0.25, -0.2) is 27.0 Å². The second kappa shape index (κ2) is 4.50. The van der Waals surface area contributed by atoms with Gasteiger partial charge in [-0.05, 0) is 13.0 Å². The average Bonchev–Trinajstić information content (AvgIpc) is 2.60. The van der Waals surface area contributed by atoms with Gasteiger partial charge in [0.2, 0.25) is 0 Å². The van der Waals surface area contributed by atoms with E-state index in [2.05, 4.69) is 5.10 Å². The van der Waals surface area contributed by atoms with E-state index in [1.807, 2.05) is 0 Å². The summed E-state index contributed by atoms with van der Waals surface area (Å²) in [4.78, 5) is 10.6. The highest BCUT2D eigenvalue weighted by Crippen LogP contribution is 2.27. The van der Waals surface area contributed by atoms with Crippen LogP contribution >= 0.6 is 0 Å². The van der Waals surface area contributed by atoms with Crippen molar-refractivity contribution in [3.05, 3.63) is 17.5 Å². The third kappa shape index (κ3) is 2.31. The largest absolute Gasteiger partial charge is 0.480 e. The number of hydrogen-bond acceptors (Lipinski definition) is 2. The van der Waals surface area contributed by atoms with Gasteiger partial charge in [0.25, 0.3) is 12.9 Å². The minimum Gasteiger partial charge on any atom is -0.480 e. The second-order valence-corrected chi connectivity index (χ2v) is 3.05. The molecule has 0 saturated heterocycles. The summed E-state index contributed by atoms with van der Waals surface area (Å²) in [5.74, 6) is -1.43. The minimum atomic E-state index is -3.05. The molecule has 1 N–H and O–H groups in total. The molecule has 0 aliphatic carbocycles. The summed E-state index contributed by atoms with van der Waals surface area (Å²) in [7, 11) is 0. The third-order valence-electron chi connectivity index (χ3n) is 1.95. The summed E-state index contributed by atoms with van der Waals surface area (Å²) >= 11 is 0. The third-order valence-corrected chi connectivity index (χ3v) is 1.95. The number of halogens is 4. The van der Waals surface area contributed by atoms with E-state index in [1.165, 1.54) is 0 Å². The van der Waals surface area contributed by atoms with Crippen LogP contribution in [0.2, 0.25) is 0 Å². The first kappa shape index (κ1) is 12.5. The zero-order valence-electron chi connectivity index (χ0n) is 8.07. The Morgan fingerprint density at radius 2 is 1.94 bits per heavy atom. The van der Waals surface area contributed by atoms with Crippen LogP contribution in [0, 0.1) is 0 Å². The smallest absolute Gasteiger partial charge is 0.328 e. The summed E-state index contributed by atoms with van der Waals surface area (Å²) in [6.07, 6.45) is -6.07. The van der Waals surface area contributed by atoms with Crippen molar-refractivity contribution in [2.75, 3.05) is 0 Å². The van der Waals surface area contributed by atoms with Gasteiger partial charge in [-0.3, -0.25) is 0 Å². The molecule has 8 heteroatoms. The molecule has 90 valence electrons. The Labute approximate surface area is 87.5 Å². The molecule has 0 bridgehead atoms. The number of aromatic nitrogens is 2. The maximum Gasteiger partial charge on any atom is 0.328 e. The monoisotopic (exact) mass is 240 g/mol. The molecule has 0 aromatic carbocycles. The van der Waals surface area contributed by atoms with Gasteiger partial charge in [0.05, 0.1) is 0 Å². The molecule has 0 aliphatic heterocycles. The maximum atomic E-state index is 12.4. The van der Waals surface area contributed by atoms with Crippen LogP contribution in [-0.4, -0.2) is 20.9 Å². The number of nitrogens with zero attached hydrogens (tertiary/aromatic N) is 2. The Hall–Kier alpha value is -1.60. The Bertz CT molecular complexity index is 391. The number of carboxylic acid groups (broad SMARTS) is 1. The Morgan fingerprint density at radius 1 is 1.38 bits per heavy atom. The first-order valence-corrected chi connectivity index (χ1v) is 4.23. The van der Waals surface area contributed by atoms with Crippen molar-refractivity contribution < 1.29 is 27.5 Å². The molecule has 0 aliphatic rings. The van der Waals surface area contributed by atoms with Gasteiger partial charge in [0.1, 0.15) is 17.4 Å². The first-order chi connectivity index (χ1) is 7.34. The normalized spacial score (nSPS) is 13.4. The lowest BCUT2D eigenvalue weighted by Gasteiger charge is -2.10. The van der Waals surface area contributed by atoms with Gasteiger partial charge in [0.15, 0.2) is 0 Å². The molecule has 0 unspecified atom stereocenters. The summed E-state index contributed by atoms with van der Waals surface area (Å²) in [6.45, 7) is 1.08. The quantitative estimate of drug-likeness (QED) is 0.822. The van der Waals surface area contributed by atoms with E-state index in [-0.39, 0.29) is 0 Å². The van der Waals surface area contributed by atoms with Crippen molar-refractivity contribution in [1.29, 1.82) is 0 Å². The van der Waals surface area contributed by atoms with E-state index in [0.717, 1.165) is 6.92 Å². The van der Waals surface area contributed by atoms with Gasteiger partial charge in [0, 0.05) is 0 Å². The fourth-order valence-corrected chi connectivity index (χ4v) is 1.11. The molecule has 1 aromatic heterocycles. The molecule has 1 aromatic rings. The molecule has 4 nitrogen and oxygen atoms in total. The van der Waals surface area contributed by atoms with E-state index >= 15 is 0 Å². The van der Waals surface area contributed by atoms with E-state index < -0.39 is 36.2 Å². The van der Waals surface area contributed by atoms with Gasteiger partial charge in [-0.2, -0.15) is 5.10 Å². The topological polar surface area (TPSA) is 55.1 Å². The van der Waals surface area contributed by atoms with Crippen LogP contribution in [0.25, 0.3) is 0 Å². The van der Waals surface area contributed by atoms with Crippen LogP contribution in [0.4, 0.5) is 17.6 Å². The zero-order valence-corrected chi connectivity index (χ0v) is 8.07. The highest BCUT2D eigenvalue weighted by atomic mass is 19.3. The molecule has 0 spiro atoms. The second-order valence-electron chi connectivity index (χ2n) is 3.05. The van der Waals surface area contributed by atoms with E-state index in [4.69, 9.17) is 5.11 Å². The zero-order chi connectivity index (χ0) is 12.5. The standard InChI is InChI=1S/C8H8F4N2O2/c1-3(8(15)16)14-5(7(11)12)2-4(13-14)6(9)10/h2-3,6-7H,1H3,(H,15,16)/t3-/m1/s1. The molecular weight excluding hydrogens is 232 g/mol. The fraction of sp³-hybridized carbons (Fsp3) is 0.500. The lowest BCUT2D eigenvalue weighted by Crippen LogP contribution is -2.19. The highest BCUT2D eigenvalue weighted by Gasteiger charge is 2.26. The van der Waals surface area contributed by atoms with Gasteiger partial charge in [-0.15, -0.1) is 0 Å². The van der Waals surface area contributed by atoms with E-state index in [1.54, 1.807) is 0 Å². The molecule has 0 fully saturated rings. The van der Waals surface area contributed by atoms with Crippen LogP contribution in [0.15, 0.2) is 6.07 Å². The number of hydrogen-bond donors (Lipinski definition) is 1. The Balaban J connectivity index is 3.20. The lowest BCUT2D eigenvalue weighted by molar-refractivity contribution is -0.140. The molecule has 1 atom stereocenters.